The Morgan fingerprint density at radius 2 is 2.00 bits per heavy atom. The zero-order valence-corrected chi connectivity index (χ0v) is 19.0. The van der Waals surface area contributed by atoms with Gasteiger partial charge in [-0.15, -0.1) is 11.3 Å². The second kappa shape index (κ2) is 10.0. The number of sulfone groups is 1. The molecule has 170 valence electrons. The van der Waals surface area contributed by atoms with E-state index in [-0.39, 0.29) is 39.8 Å². The fraction of sp³-hybridized carbons (Fsp3) is 0.278. The SMILES string of the molecule is NC(N)=NCCCC(NC(=O)c1sccc1CS(=O)(=O)c1cccc2nsnc12)C(=O)O. The number of guanidine groups is 1. The number of hydrogen-bond donors (Lipinski definition) is 4. The van der Waals surface area contributed by atoms with Crippen LogP contribution in [0.5, 0.6) is 0 Å². The summed E-state index contributed by atoms with van der Waals surface area (Å²) in [7, 11) is -3.83. The average Bonchev–Trinajstić information content (AvgIpc) is 3.38. The normalized spacial score (nSPS) is 12.4. The third kappa shape index (κ3) is 5.57. The average molecular weight is 497 g/mol. The maximum atomic E-state index is 13.0. The predicted octanol–water partition coefficient (Wildman–Crippen LogP) is 0.963. The summed E-state index contributed by atoms with van der Waals surface area (Å²) in [6.07, 6.45) is 0.447. The van der Waals surface area contributed by atoms with Crippen molar-refractivity contribution < 1.29 is 23.1 Å². The van der Waals surface area contributed by atoms with E-state index < -0.39 is 33.5 Å². The highest BCUT2D eigenvalue weighted by molar-refractivity contribution is 7.90. The fourth-order valence-corrected chi connectivity index (χ4v) is 6.01. The molecule has 14 heteroatoms. The van der Waals surface area contributed by atoms with Gasteiger partial charge in [-0.1, -0.05) is 6.07 Å². The van der Waals surface area contributed by atoms with E-state index >= 15 is 0 Å². The Bertz CT molecular complexity index is 1260. The molecular formula is C18H20N6O5S3. The van der Waals surface area contributed by atoms with Gasteiger partial charge in [-0.3, -0.25) is 9.79 Å². The van der Waals surface area contributed by atoms with Gasteiger partial charge < -0.3 is 21.9 Å². The molecule has 0 spiro atoms. The van der Waals surface area contributed by atoms with E-state index in [1.807, 2.05) is 0 Å². The van der Waals surface area contributed by atoms with Crippen LogP contribution in [0.15, 0.2) is 39.5 Å². The number of benzene rings is 1. The Labute approximate surface area is 191 Å². The summed E-state index contributed by atoms with van der Waals surface area (Å²) in [4.78, 5) is 28.2. The van der Waals surface area contributed by atoms with Gasteiger partial charge in [0.25, 0.3) is 5.91 Å². The Kier molecular flexibility index (Phi) is 7.37. The van der Waals surface area contributed by atoms with Crippen molar-refractivity contribution in [2.45, 2.75) is 29.5 Å². The minimum Gasteiger partial charge on any atom is -0.480 e. The molecule has 0 aliphatic rings. The second-order valence-electron chi connectivity index (χ2n) is 6.74. The number of carbonyl (C=O) groups excluding carboxylic acids is 1. The molecule has 3 rings (SSSR count). The van der Waals surface area contributed by atoms with Crippen LogP contribution in [0.2, 0.25) is 0 Å². The molecule has 1 aromatic carbocycles. The van der Waals surface area contributed by atoms with E-state index in [0.29, 0.717) is 11.9 Å². The Morgan fingerprint density at radius 1 is 1.22 bits per heavy atom. The largest absolute Gasteiger partial charge is 0.480 e. The molecule has 11 nitrogen and oxygen atoms in total. The molecule has 2 aromatic heterocycles. The van der Waals surface area contributed by atoms with Crippen LogP contribution in [0.3, 0.4) is 0 Å². The van der Waals surface area contributed by atoms with Crippen LogP contribution in [0.25, 0.3) is 11.0 Å². The molecule has 1 amide bonds. The lowest BCUT2D eigenvalue weighted by Gasteiger charge is -2.14. The Hall–Kier alpha value is -3.10. The number of aliphatic carboxylic acids is 1. The number of thiophene rings is 1. The minimum atomic E-state index is -3.83. The number of nitrogens with two attached hydrogens (primary N) is 2. The third-order valence-corrected chi connectivity index (χ3v) is 7.62. The topological polar surface area (TPSA) is 191 Å². The molecule has 1 unspecified atom stereocenters. The first-order valence-corrected chi connectivity index (χ1v) is 12.5. The van der Waals surface area contributed by atoms with Gasteiger partial charge >= 0.3 is 5.97 Å². The van der Waals surface area contributed by atoms with Crippen molar-refractivity contribution in [1.82, 2.24) is 14.1 Å². The smallest absolute Gasteiger partial charge is 0.326 e. The molecule has 0 aliphatic carbocycles. The summed E-state index contributed by atoms with van der Waals surface area (Å²) < 4.78 is 34.2. The summed E-state index contributed by atoms with van der Waals surface area (Å²) in [6, 6.07) is 5.06. The lowest BCUT2D eigenvalue weighted by atomic mass is 10.1. The number of carbonyl (C=O) groups is 2. The predicted molar refractivity (Wildman–Crippen MR) is 121 cm³/mol. The zero-order chi connectivity index (χ0) is 23.3. The number of carboxylic acid groups (broad SMARTS) is 1. The summed E-state index contributed by atoms with van der Waals surface area (Å²) in [5, 5.41) is 13.4. The number of hydrogen-bond acceptors (Lipinski definition) is 9. The van der Waals surface area contributed by atoms with Crippen molar-refractivity contribution in [3.8, 4) is 0 Å². The number of rotatable bonds is 10. The molecule has 1 atom stereocenters. The van der Waals surface area contributed by atoms with Crippen LogP contribution in [0.4, 0.5) is 0 Å². The van der Waals surface area contributed by atoms with Crippen LogP contribution in [0, 0.1) is 0 Å². The van der Waals surface area contributed by atoms with Gasteiger partial charge in [-0.25, -0.2) is 13.2 Å². The first-order valence-electron chi connectivity index (χ1n) is 9.28. The Morgan fingerprint density at radius 3 is 2.72 bits per heavy atom. The maximum absolute atomic E-state index is 13.0. The van der Waals surface area contributed by atoms with Crippen LogP contribution in [-0.2, 0) is 20.4 Å². The number of nitrogens with one attached hydrogen (secondary N) is 1. The number of carboxylic acids is 1. The lowest BCUT2D eigenvalue weighted by Crippen LogP contribution is -2.41. The van der Waals surface area contributed by atoms with Crippen molar-refractivity contribution in [3.63, 3.8) is 0 Å². The molecule has 0 bridgehead atoms. The van der Waals surface area contributed by atoms with Gasteiger partial charge in [0, 0.05) is 6.54 Å². The third-order valence-electron chi connectivity index (χ3n) is 4.43. The first-order chi connectivity index (χ1) is 15.2. The highest BCUT2D eigenvalue weighted by atomic mass is 32.2. The van der Waals surface area contributed by atoms with Crippen molar-refractivity contribution in [2.75, 3.05) is 6.54 Å². The van der Waals surface area contributed by atoms with E-state index in [0.717, 1.165) is 23.1 Å². The summed E-state index contributed by atoms with van der Waals surface area (Å²) in [5.74, 6) is -2.41. The lowest BCUT2D eigenvalue weighted by molar-refractivity contribution is -0.139. The molecule has 32 heavy (non-hydrogen) atoms. The number of aromatic nitrogens is 2. The van der Waals surface area contributed by atoms with Crippen LogP contribution in [0.1, 0.15) is 28.1 Å². The molecule has 3 aromatic rings. The molecule has 2 heterocycles. The van der Waals surface area contributed by atoms with Crippen molar-refractivity contribution in [2.24, 2.45) is 16.5 Å². The number of fused-ring (bicyclic) bond motifs is 1. The monoisotopic (exact) mass is 496 g/mol. The summed E-state index contributed by atoms with van der Waals surface area (Å²) in [5.41, 5.74) is 11.5. The van der Waals surface area contributed by atoms with E-state index in [1.165, 1.54) is 12.1 Å². The number of amides is 1. The summed E-state index contributed by atoms with van der Waals surface area (Å²) in [6.45, 7) is 0.224. The van der Waals surface area contributed by atoms with Crippen LogP contribution < -0.4 is 16.8 Å². The number of nitrogens with zero attached hydrogens (tertiary/aromatic N) is 3. The van der Waals surface area contributed by atoms with E-state index in [9.17, 15) is 23.1 Å². The molecule has 0 saturated carbocycles. The van der Waals surface area contributed by atoms with Crippen LogP contribution in [-0.4, -0.2) is 52.7 Å². The molecular weight excluding hydrogens is 476 g/mol. The van der Waals surface area contributed by atoms with Gasteiger partial charge in [-0.05, 0) is 42.0 Å². The van der Waals surface area contributed by atoms with Gasteiger partial charge in [0.2, 0.25) is 0 Å². The van der Waals surface area contributed by atoms with E-state index in [2.05, 4.69) is 19.1 Å². The van der Waals surface area contributed by atoms with Gasteiger partial charge in [0.15, 0.2) is 15.8 Å². The maximum Gasteiger partial charge on any atom is 0.326 e. The second-order valence-corrected chi connectivity index (χ2v) is 10.1. The molecule has 6 N–H and O–H groups in total. The minimum absolute atomic E-state index is 0.0319. The number of aliphatic imine (C=N–C) groups is 1. The Balaban J connectivity index is 1.75. The standard InChI is InChI=1S/C18H20N6O5S3/c19-18(20)21-7-2-4-12(17(26)27)22-16(25)15-10(6-8-30-15)9-32(28,29)13-5-1-3-11-14(13)24-31-23-11/h1,3,5-6,8,12H,2,4,7,9H2,(H,22,25)(H,26,27)(H4,19,20,21). The van der Waals surface area contributed by atoms with Crippen LogP contribution >= 0.6 is 23.1 Å². The van der Waals surface area contributed by atoms with E-state index in [1.54, 1.807) is 17.5 Å². The molecule has 0 fully saturated rings. The van der Waals surface area contributed by atoms with Gasteiger partial charge in [0.05, 0.1) is 27.3 Å². The highest BCUT2D eigenvalue weighted by Gasteiger charge is 2.26. The molecule has 0 saturated heterocycles. The first kappa shape index (κ1) is 23.6. The molecule has 0 radical (unpaired) electrons. The highest BCUT2D eigenvalue weighted by Crippen LogP contribution is 2.27. The van der Waals surface area contributed by atoms with Gasteiger partial charge in [0.1, 0.15) is 17.1 Å². The van der Waals surface area contributed by atoms with Gasteiger partial charge in [-0.2, -0.15) is 8.75 Å². The quantitative estimate of drug-likeness (QED) is 0.180. The van der Waals surface area contributed by atoms with Crippen molar-refractivity contribution in [1.29, 1.82) is 0 Å². The summed E-state index contributed by atoms with van der Waals surface area (Å²) >= 11 is 1.95. The van der Waals surface area contributed by atoms with E-state index in [4.69, 9.17) is 11.5 Å². The fourth-order valence-electron chi connectivity index (χ4n) is 2.95. The van der Waals surface area contributed by atoms with Crippen molar-refractivity contribution >= 4 is 61.8 Å². The van der Waals surface area contributed by atoms with Crippen molar-refractivity contribution in [3.05, 3.63) is 40.1 Å². The molecule has 0 aliphatic heterocycles. The zero-order valence-electron chi connectivity index (χ0n) is 16.6.